The first kappa shape index (κ1) is 23.8. The maximum atomic E-state index is 12.0. The van der Waals surface area contributed by atoms with Gasteiger partial charge in [-0.1, -0.05) is 0 Å². The Balaban J connectivity index is 0.00000364. The van der Waals surface area contributed by atoms with Crippen LogP contribution in [0, 0.1) is 0 Å². The SMILES string of the molecule is CN=C(NCCN(C)C(=O)OC(C)(C)C)N1CCN(c2cccs2)CC1.I. The van der Waals surface area contributed by atoms with Gasteiger partial charge in [-0.25, -0.2) is 4.79 Å². The van der Waals surface area contributed by atoms with Gasteiger partial charge in [-0.3, -0.25) is 4.99 Å². The summed E-state index contributed by atoms with van der Waals surface area (Å²) in [6.45, 7) is 10.6. The molecule has 1 saturated heterocycles. The molecule has 1 amide bonds. The molecule has 0 aliphatic carbocycles. The monoisotopic (exact) mass is 509 g/mol. The number of guanidine groups is 1. The Kier molecular flexibility index (Phi) is 9.65. The van der Waals surface area contributed by atoms with Gasteiger partial charge in [0.2, 0.25) is 0 Å². The molecule has 1 aromatic heterocycles. The first-order chi connectivity index (χ1) is 12.3. The van der Waals surface area contributed by atoms with Crippen molar-refractivity contribution in [3.63, 3.8) is 0 Å². The van der Waals surface area contributed by atoms with E-state index in [-0.39, 0.29) is 30.1 Å². The molecule has 0 unspecified atom stereocenters. The number of amides is 1. The minimum absolute atomic E-state index is 0. The lowest BCUT2D eigenvalue weighted by atomic mass is 10.2. The number of rotatable bonds is 4. The van der Waals surface area contributed by atoms with E-state index in [1.165, 1.54) is 5.00 Å². The molecule has 7 nitrogen and oxygen atoms in total. The fraction of sp³-hybridized carbons (Fsp3) is 0.667. The Bertz CT molecular complexity index is 595. The molecule has 154 valence electrons. The van der Waals surface area contributed by atoms with Crippen LogP contribution in [0.4, 0.5) is 9.80 Å². The number of nitrogens with one attached hydrogen (secondary N) is 1. The Labute approximate surface area is 183 Å². The number of carbonyl (C=O) groups excluding carboxylic acids is 1. The number of piperazine rings is 1. The summed E-state index contributed by atoms with van der Waals surface area (Å²) in [6.07, 6.45) is -0.307. The molecule has 2 rings (SSSR count). The number of ether oxygens (including phenoxy) is 1. The van der Waals surface area contributed by atoms with Gasteiger partial charge in [0.05, 0.1) is 5.00 Å². The van der Waals surface area contributed by atoms with Gasteiger partial charge in [0.1, 0.15) is 5.60 Å². The summed E-state index contributed by atoms with van der Waals surface area (Å²) in [7, 11) is 3.55. The zero-order valence-corrected chi connectivity index (χ0v) is 20.0. The van der Waals surface area contributed by atoms with Gasteiger partial charge in [0.15, 0.2) is 5.96 Å². The number of thiophene rings is 1. The zero-order valence-electron chi connectivity index (χ0n) is 16.9. The molecule has 0 spiro atoms. The molecule has 1 aliphatic heterocycles. The van der Waals surface area contributed by atoms with Crippen molar-refractivity contribution < 1.29 is 9.53 Å². The first-order valence-corrected chi connectivity index (χ1v) is 9.86. The van der Waals surface area contributed by atoms with E-state index in [0.29, 0.717) is 13.1 Å². The van der Waals surface area contributed by atoms with Crippen LogP contribution >= 0.6 is 35.3 Å². The van der Waals surface area contributed by atoms with Crippen molar-refractivity contribution >= 4 is 52.4 Å². The number of nitrogens with zero attached hydrogens (tertiary/aromatic N) is 4. The predicted octanol–water partition coefficient (Wildman–Crippen LogP) is 2.93. The van der Waals surface area contributed by atoms with E-state index in [2.05, 4.69) is 37.6 Å². The summed E-state index contributed by atoms with van der Waals surface area (Å²) in [5.41, 5.74) is -0.475. The number of hydrogen-bond donors (Lipinski definition) is 1. The van der Waals surface area contributed by atoms with Crippen molar-refractivity contribution in [2.75, 3.05) is 58.3 Å². The lowest BCUT2D eigenvalue weighted by Gasteiger charge is -2.37. The molecule has 0 bridgehead atoms. The van der Waals surface area contributed by atoms with Crippen LogP contribution in [0.5, 0.6) is 0 Å². The summed E-state index contributed by atoms with van der Waals surface area (Å²) in [6, 6.07) is 4.26. The Morgan fingerprint density at radius 3 is 2.52 bits per heavy atom. The average Bonchev–Trinajstić information content (AvgIpc) is 3.12. The lowest BCUT2D eigenvalue weighted by Crippen LogP contribution is -2.53. The second-order valence-corrected chi connectivity index (χ2v) is 8.23. The summed E-state index contributed by atoms with van der Waals surface area (Å²) < 4.78 is 5.36. The van der Waals surface area contributed by atoms with Crippen molar-refractivity contribution in [2.24, 2.45) is 4.99 Å². The molecular formula is C18H32IN5O2S. The van der Waals surface area contributed by atoms with E-state index in [0.717, 1.165) is 32.1 Å². The average molecular weight is 509 g/mol. The maximum Gasteiger partial charge on any atom is 0.410 e. The maximum absolute atomic E-state index is 12.0. The zero-order chi connectivity index (χ0) is 19.2. The van der Waals surface area contributed by atoms with Gasteiger partial charge in [-0.05, 0) is 38.3 Å². The summed E-state index contributed by atoms with van der Waals surface area (Å²) in [5, 5.41) is 6.79. The lowest BCUT2D eigenvalue weighted by molar-refractivity contribution is 0.0302. The first-order valence-electron chi connectivity index (χ1n) is 8.98. The number of halogens is 1. The third-order valence-electron chi connectivity index (χ3n) is 4.04. The van der Waals surface area contributed by atoms with Crippen molar-refractivity contribution in [1.82, 2.24) is 15.1 Å². The van der Waals surface area contributed by atoms with Gasteiger partial charge in [0, 0.05) is 53.4 Å². The Morgan fingerprint density at radius 2 is 2.00 bits per heavy atom. The summed E-state index contributed by atoms with van der Waals surface area (Å²) in [5.74, 6) is 0.883. The molecule has 1 aliphatic rings. The summed E-state index contributed by atoms with van der Waals surface area (Å²) in [4.78, 5) is 22.6. The molecule has 27 heavy (non-hydrogen) atoms. The van der Waals surface area contributed by atoms with Gasteiger partial charge in [0.25, 0.3) is 0 Å². The normalized spacial score (nSPS) is 15.2. The van der Waals surface area contributed by atoms with E-state index in [4.69, 9.17) is 4.74 Å². The molecule has 1 aromatic rings. The highest BCUT2D eigenvalue weighted by Crippen LogP contribution is 2.22. The number of aliphatic imine (C=N–C) groups is 1. The minimum Gasteiger partial charge on any atom is -0.444 e. The molecule has 1 fully saturated rings. The van der Waals surface area contributed by atoms with Crippen molar-refractivity contribution in [2.45, 2.75) is 26.4 Å². The highest BCUT2D eigenvalue weighted by atomic mass is 127. The number of likely N-dealkylation sites (N-methyl/N-ethyl adjacent to an activating group) is 1. The largest absolute Gasteiger partial charge is 0.444 e. The number of carbonyl (C=O) groups is 1. The van der Waals surface area contributed by atoms with Crippen LogP contribution in [0.3, 0.4) is 0 Å². The van der Waals surface area contributed by atoms with E-state index < -0.39 is 5.60 Å². The van der Waals surface area contributed by atoms with Gasteiger partial charge in [-0.15, -0.1) is 35.3 Å². The second kappa shape index (κ2) is 10.9. The number of anilines is 1. The minimum atomic E-state index is -0.475. The molecular weight excluding hydrogens is 477 g/mol. The molecule has 1 N–H and O–H groups in total. The van der Waals surface area contributed by atoms with Crippen LogP contribution in [0.1, 0.15) is 20.8 Å². The van der Waals surface area contributed by atoms with Crippen molar-refractivity contribution in [1.29, 1.82) is 0 Å². The fourth-order valence-electron chi connectivity index (χ4n) is 2.69. The van der Waals surface area contributed by atoms with E-state index in [9.17, 15) is 4.79 Å². The Morgan fingerprint density at radius 1 is 1.33 bits per heavy atom. The predicted molar refractivity (Wildman–Crippen MR) is 124 cm³/mol. The third-order valence-corrected chi connectivity index (χ3v) is 4.97. The number of hydrogen-bond acceptors (Lipinski definition) is 5. The smallest absolute Gasteiger partial charge is 0.410 e. The van der Waals surface area contributed by atoms with Crippen LogP contribution in [0.15, 0.2) is 22.5 Å². The van der Waals surface area contributed by atoms with Crippen LogP contribution in [-0.4, -0.2) is 80.8 Å². The molecule has 0 radical (unpaired) electrons. The van der Waals surface area contributed by atoms with Crippen molar-refractivity contribution in [3.05, 3.63) is 17.5 Å². The van der Waals surface area contributed by atoms with E-state index in [1.807, 2.05) is 20.8 Å². The van der Waals surface area contributed by atoms with E-state index in [1.54, 1.807) is 30.3 Å². The summed E-state index contributed by atoms with van der Waals surface area (Å²) >= 11 is 1.78. The van der Waals surface area contributed by atoms with Gasteiger partial charge >= 0.3 is 6.09 Å². The van der Waals surface area contributed by atoms with Gasteiger partial charge in [-0.2, -0.15) is 0 Å². The highest BCUT2D eigenvalue weighted by molar-refractivity contribution is 14.0. The Hall–Kier alpha value is -1.23. The van der Waals surface area contributed by atoms with Gasteiger partial charge < -0.3 is 24.8 Å². The second-order valence-electron chi connectivity index (χ2n) is 7.30. The quantitative estimate of drug-likeness (QED) is 0.385. The van der Waals surface area contributed by atoms with Crippen LogP contribution in [0.25, 0.3) is 0 Å². The third kappa shape index (κ3) is 7.73. The van der Waals surface area contributed by atoms with Crippen LogP contribution < -0.4 is 10.2 Å². The molecule has 9 heteroatoms. The van der Waals surface area contributed by atoms with Crippen molar-refractivity contribution in [3.8, 4) is 0 Å². The molecule has 0 atom stereocenters. The molecule has 2 heterocycles. The topological polar surface area (TPSA) is 60.4 Å². The standard InChI is InChI=1S/C18H31N5O2S.HI/c1-18(2,3)25-17(24)21(5)9-8-20-16(19-4)23-12-10-22(11-13-23)15-7-6-14-26-15;/h6-7,14H,8-13H2,1-5H3,(H,19,20);1H. The van der Waals surface area contributed by atoms with E-state index >= 15 is 0 Å². The van der Waals surface area contributed by atoms with Crippen LogP contribution in [0.2, 0.25) is 0 Å². The molecule has 0 saturated carbocycles. The fourth-order valence-corrected chi connectivity index (χ4v) is 3.47. The highest BCUT2D eigenvalue weighted by Gasteiger charge is 2.21. The van der Waals surface area contributed by atoms with Crippen LogP contribution in [-0.2, 0) is 4.74 Å². The molecule has 0 aromatic carbocycles.